The molecular formula is C25H34FeP2-6. The zero-order valence-electron chi connectivity index (χ0n) is 18.0. The van der Waals surface area contributed by atoms with E-state index in [1.807, 2.05) is 0 Å². The van der Waals surface area contributed by atoms with Crippen molar-refractivity contribution in [3.05, 3.63) is 78.9 Å². The molecule has 0 bridgehead atoms. The molecule has 0 spiro atoms. The molecule has 0 saturated heterocycles. The molecule has 0 N–H and O–H groups in total. The Morgan fingerprint density at radius 1 is 0.714 bits per heavy atom. The van der Waals surface area contributed by atoms with Crippen LogP contribution in [-0.4, -0.2) is 17.0 Å². The topological polar surface area (TPSA) is 0 Å². The van der Waals surface area contributed by atoms with Crippen LogP contribution < -0.4 is 15.9 Å². The Morgan fingerprint density at radius 2 is 1.21 bits per heavy atom. The van der Waals surface area contributed by atoms with Gasteiger partial charge in [-0.3, -0.25) is 0 Å². The summed E-state index contributed by atoms with van der Waals surface area (Å²) in [5.41, 5.74) is 2.31. The zero-order chi connectivity index (χ0) is 19.8. The van der Waals surface area contributed by atoms with Gasteiger partial charge in [0.25, 0.3) is 0 Å². The number of hydrogen-bond acceptors (Lipinski definition) is 0. The SMILES string of the molecule is CC(C)P([c-]1[cH-][cH-][cH-][cH-]1)C(C)C.CC(C)P(c1ccccc1)[c-]1cccc1.[Fe]. The predicted octanol–water partition coefficient (Wildman–Crippen LogP) is 6.57. The van der Waals surface area contributed by atoms with Crippen LogP contribution in [0.1, 0.15) is 41.5 Å². The van der Waals surface area contributed by atoms with Gasteiger partial charge >= 0.3 is 0 Å². The van der Waals surface area contributed by atoms with Gasteiger partial charge in [-0.15, -0.1) is 13.2 Å². The average Bonchev–Trinajstić information content (AvgIpc) is 3.30. The smallest absolute Gasteiger partial charge is 0 e. The van der Waals surface area contributed by atoms with Crippen molar-refractivity contribution in [2.45, 2.75) is 58.5 Å². The average molecular weight is 452 g/mol. The van der Waals surface area contributed by atoms with Crippen LogP contribution in [-0.2, 0) is 17.1 Å². The van der Waals surface area contributed by atoms with Crippen LogP contribution in [0.3, 0.4) is 0 Å². The van der Waals surface area contributed by atoms with Crippen molar-refractivity contribution >= 4 is 31.8 Å². The first-order valence-electron chi connectivity index (χ1n) is 9.97. The molecule has 0 aliphatic rings. The molecule has 0 heterocycles. The fourth-order valence-corrected chi connectivity index (χ4v) is 8.97. The summed E-state index contributed by atoms with van der Waals surface area (Å²) in [5, 5.41) is 4.54. The van der Waals surface area contributed by atoms with Crippen molar-refractivity contribution in [2.24, 2.45) is 0 Å². The number of hydrogen-bond donors (Lipinski definition) is 0. The van der Waals surface area contributed by atoms with Gasteiger partial charge in [-0.25, -0.2) is 12.1 Å². The second-order valence-corrected chi connectivity index (χ2v) is 13.9. The van der Waals surface area contributed by atoms with Gasteiger partial charge in [0, 0.05) is 17.1 Å². The molecule has 3 rings (SSSR count). The molecule has 1 atom stereocenters. The normalized spacial score (nSPS) is 12.1. The maximum Gasteiger partial charge on any atom is 0 e. The van der Waals surface area contributed by atoms with Gasteiger partial charge < -0.3 is 37.5 Å². The Balaban J connectivity index is 0.000000277. The van der Waals surface area contributed by atoms with Crippen molar-refractivity contribution in [1.29, 1.82) is 0 Å². The summed E-state index contributed by atoms with van der Waals surface area (Å²) in [6.45, 7) is 14.0. The van der Waals surface area contributed by atoms with Crippen molar-refractivity contribution in [3.8, 4) is 0 Å². The van der Waals surface area contributed by atoms with Crippen LogP contribution in [0.15, 0.2) is 78.9 Å². The van der Waals surface area contributed by atoms with E-state index in [1.165, 1.54) is 10.6 Å². The minimum atomic E-state index is -0.173. The molecule has 3 aromatic rings. The van der Waals surface area contributed by atoms with E-state index in [2.05, 4.69) is 120 Å². The van der Waals surface area contributed by atoms with E-state index < -0.39 is 0 Å². The first-order chi connectivity index (χ1) is 12.9. The van der Waals surface area contributed by atoms with Crippen LogP contribution in [0.2, 0.25) is 0 Å². The summed E-state index contributed by atoms with van der Waals surface area (Å²) in [4.78, 5) is 0. The largest absolute Gasteiger partial charge is 0.747 e. The van der Waals surface area contributed by atoms with Gasteiger partial charge in [-0.1, -0.05) is 83.2 Å². The molecule has 158 valence electrons. The Labute approximate surface area is 185 Å². The van der Waals surface area contributed by atoms with Gasteiger partial charge in [-0.2, -0.15) is 12.1 Å². The molecule has 0 aromatic heterocycles. The summed E-state index contributed by atoms with van der Waals surface area (Å²) < 4.78 is 0. The van der Waals surface area contributed by atoms with Crippen LogP contribution >= 0.6 is 15.8 Å². The van der Waals surface area contributed by atoms with Gasteiger partial charge in [0.1, 0.15) is 0 Å². The summed E-state index contributed by atoms with van der Waals surface area (Å²) >= 11 is 0. The third-order valence-electron chi connectivity index (χ3n) is 4.53. The van der Waals surface area contributed by atoms with Crippen molar-refractivity contribution < 1.29 is 17.1 Å². The second kappa shape index (κ2) is 12.8. The van der Waals surface area contributed by atoms with E-state index in [0.717, 1.165) is 11.3 Å². The van der Waals surface area contributed by atoms with Crippen LogP contribution in [0.4, 0.5) is 0 Å². The van der Waals surface area contributed by atoms with E-state index in [-0.39, 0.29) is 32.9 Å². The molecule has 28 heavy (non-hydrogen) atoms. The fraction of sp³-hybridized carbons (Fsp3) is 0.360. The maximum absolute atomic E-state index is 2.33. The standard InChI is InChI=1S/C14H16P.C11H18P.Fe/c1-12(2)15(14-10-6-7-11-14)13-8-4-3-5-9-13;1-9(2)12(10(3)4)11-7-5-6-8-11;/h3-12H,1-2H3;5-10H,1-4H3;/q-1;-5;. The molecule has 0 aliphatic heterocycles. The van der Waals surface area contributed by atoms with Crippen molar-refractivity contribution in [3.63, 3.8) is 0 Å². The first kappa shape index (κ1) is 25.3. The van der Waals surface area contributed by atoms with E-state index >= 15 is 0 Å². The first-order valence-corrected chi connectivity index (χ1v) is 12.9. The Kier molecular flexibility index (Phi) is 11.6. The maximum atomic E-state index is 2.33. The minimum absolute atomic E-state index is 0. The summed E-state index contributed by atoms with van der Waals surface area (Å²) in [7, 11) is -0.110. The van der Waals surface area contributed by atoms with Gasteiger partial charge in [0.05, 0.1) is 0 Å². The quantitative estimate of drug-likeness (QED) is 0.225. The third kappa shape index (κ3) is 7.28. The van der Waals surface area contributed by atoms with Crippen molar-refractivity contribution in [2.75, 3.05) is 0 Å². The Morgan fingerprint density at radius 3 is 1.64 bits per heavy atom. The molecular weight excluding hydrogens is 418 g/mol. The van der Waals surface area contributed by atoms with Crippen molar-refractivity contribution in [1.82, 2.24) is 0 Å². The molecule has 0 aliphatic carbocycles. The minimum Gasteiger partial charge on any atom is -0.747 e. The monoisotopic (exact) mass is 452 g/mol. The fourth-order valence-electron chi connectivity index (χ4n) is 3.59. The molecule has 3 heteroatoms. The number of rotatable bonds is 6. The molecule has 0 amide bonds. The van der Waals surface area contributed by atoms with Crippen LogP contribution in [0, 0.1) is 0 Å². The molecule has 0 saturated carbocycles. The van der Waals surface area contributed by atoms with Gasteiger partial charge in [0.2, 0.25) is 0 Å². The van der Waals surface area contributed by atoms with Gasteiger partial charge in [0.15, 0.2) is 0 Å². The Bertz CT molecular complexity index is 720. The van der Waals surface area contributed by atoms with E-state index in [1.54, 1.807) is 5.30 Å². The molecule has 0 fully saturated rings. The molecule has 0 nitrogen and oxygen atoms in total. The summed E-state index contributed by atoms with van der Waals surface area (Å²) in [6, 6.07) is 28.5. The van der Waals surface area contributed by atoms with E-state index in [9.17, 15) is 0 Å². The van der Waals surface area contributed by atoms with Crippen LogP contribution in [0.25, 0.3) is 0 Å². The second-order valence-electron chi connectivity index (χ2n) is 7.68. The Hall–Kier alpha value is -0.701. The third-order valence-corrected chi connectivity index (χ3v) is 10.4. The zero-order valence-corrected chi connectivity index (χ0v) is 20.9. The number of benzene rings is 1. The summed E-state index contributed by atoms with van der Waals surface area (Å²) in [5.74, 6) is 0. The van der Waals surface area contributed by atoms with E-state index in [4.69, 9.17) is 0 Å². The van der Waals surface area contributed by atoms with Gasteiger partial charge in [-0.05, 0) is 11.0 Å². The van der Waals surface area contributed by atoms with Crippen LogP contribution in [0.5, 0.6) is 0 Å². The summed E-state index contributed by atoms with van der Waals surface area (Å²) in [6.07, 6.45) is 0. The van der Waals surface area contributed by atoms with E-state index in [0.29, 0.717) is 5.66 Å². The molecule has 0 radical (unpaired) electrons. The molecule has 3 aromatic carbocycles. The predicted molar refractivity (Wildman–Crippen MR) is 129 cm³/mol. The molecule has 1 unspecified atom stereocenters.